The van der Waals surface area contributed by atoms with Gasteiger partial charge in [-0.15, -0.1) is 0 Å². The average Bonchev–Trinajstić information content (AvgIpc) is 2.97. The van der Waals surface area contributed by atoms with Crippen molar-refractivity contribution in [2.75, 3.05) is 13.2 Å². The van der Waals surface area contributed by atoms with Crippen LogP contribution in [0.2, 0.25) is 0 Å². The minimum Gasteiger partial charge on any atom is -0.375 e. The molecule has 92 valence electrons. The second kappa shape index (κ2) is 5.15. The molecule has 0 radical (unpaired) electrons. The van der Waals surface area contributed by atoms with E-state index in [1.54, 1.807) is 0 Å². The number of ether oxygens (including phenoxy) is 1. The van der Waals surface area contributed by atoms with E-state index in [2.05, 4.69) is 17.6 Å². The third kappa shape index (κ3) is 2.74. The molecule has 0 aromatic rings. The summed E-state index contributed by atoms with van der Waals surface area (Å²) in [5.41, 5.74) is 0. The maximum absolute atomic E-state index is 12.0. The first-order valence-corrected chi connectivity index (χ1v) is 6.37. The molecule has 2 rings (SSSR count). The number of carbonyl (C=O) groups is 1. The SMILES string of the molecule is CCCC1CC1NC(=O)[C@H]1NCCO[C@@H]1C. The van der Waals surface area contributed by atoms with Gasteiger partial charge in [-0.25, -0.2) is 0 Å². The van der Waals surface area contributed by atoms with Gasteiger partial charge in [0, 0.05) is 12.6 Å². The molecule has 1 saturated heterocycles. The Hall–Kier alpha value is -0.610. The number of nitrogens with one attached hydrogen (secondary N) is 2. The highest BCUT2D eigenvalue weighted by molar-refractivity contribution is 5.83. The lowest BCUT2D eigenvalue weighted by atomic mass is 10.1. The largest absolute Gasteiger partial charge is 0.375 e. The molecule has 4 nitrogen and oxygen atoms in total. The van der Waals surface area contributed by atoms with E-state index in [0.717, 1.165) is 13.0 Å². The molecule has 2 fully saturated rings. The van der Waals surface area contributed by atoms with Crippen LogP contribution in [-0.2, 0) is 9.53 Å². The molecule has 1 aliphatic heterocycles. The van der Waals surface area contributed by atoms with Crippen LogP contribution in [0.15, 0.2) is 0 Å². The summed E-state index contributed by atoms with van der Waals surface area (Å²) in [5.74, 6) is 0.824. The number of rotatable bonds is 4. The van der Waals surface area contributed by atoms with Crippen LogP contribution in [0.5, 0.6) is 0 Å². The summed E-state index contributed by atoms with van der Waals surface area (Å²) in [6.45, 7) is 5.61. The zero-order chi connectivity index (χ0) is 11.5. The Labute approximate surface area is 97.1 Å². The quantitative estimate of drug-likeness (QED) is 0.740. The van der Waals surface area contributed by atoms with Crippen molar-refractivity contribution in [3.05, 3.63) is 0 Å². The third-order valence-corrected chi connectivity index (χ3v) is 3.51. The van der Waals surface area contributed by atoms with Crippen LogP contribution in [-0.4, -0.2) is 37.2 Å². The third-order valence-electron chi connectivity index (χ3n) is 3.51. The van der Waals surface area contributed by atoms with Crippen molar-refractivity contribution in [1.82, 2.24) is 10.6 Å². The van der Waals surface area contributed by atoms with Crippen LogP contribution in [0.4, 0.5) is 0 Å². The lowest BCUT2D eigenvalue weighted by molar-refractivity contribution is -0.129. The number of amides is 1. The van der Waals surface area contributed by atoms with Gasteiger partial charge in [0.15, 0.2) is 0 Å². The van der Waals surface area contributed by atoms with Gasteiger partial charge in [-0.05, 0) is 25.7 Å². The zero-order valence-electron chi connectivity index (χ0n) is 10.2. The van der Waals surface area contributed by atoms with Gasteiger partial charge in [0.1, 0.15) is 6.04 Å². The van der Waals surface area contributed by atoms with Crippen molar-refractivity contribution < 1.29 is 9.53 Å². The van der Waals surface area contributed by atoms with E-state index in [4.69, 9.17) is 4.74 Å². The fourth-order valence-electron chi connectivity index (χ4n) is 2.41. The van der Waals surface area contributed by atoms with Gasteiger partial charge in [-0.2, -0.15) is 0 Å². The zero-order valence-corrected chi connectivity index (χ0v) is 10.2. The van der Waals surface area contributed by atoms with Gasteiger partial charge >= 0.3 is 0 Å². The van der Waals surface area contributed by atoms with Crippen LogP contribution in [0.1, 0.15) is 33.1 Å². The highest BCUT2D eigenvalue weighted by atomic mass is 16.5. The number of hydrogen-bond acceptors (Lipinski definition) is 3. The summed E-state index contributed by atoms with van der Waals surface area (Å²) in [4.78, 5) is 12.0. The molecule has 4 atom stereocenters. The second-order valence-electron chi connectivity index (χ2n) is 4.91. The van der Waals surface area contributed by atoms with Crippen molar-refractivity contribution in [1.29, 1.82) is 0 Å². The topological polar surface area (TPSA) is 50.4 Å². The van der Waals surface area contributed by atoms with Crippen molar-refractivity contribution in [3.63, 3.8) is 0 Å². The summed E-state index contributed by atoms with van der Waals surface area (Å²) in [6, 6.07) is 0.250. The molecule has 1 heterocycles. The van der Waals surface area contributed by atoms with Crippen LogP contribution in [0.25, 0.3) is 0 Å². The molecule has 0 aromatic heterocycles. The Balaban J connectivity index is 1.75. The standard InChI is InChI=1S/C12H22N2O2/c1-3-4-9-7-10(9)14-12(15)11-8(2)16-6-5-13-11/h8-11,13H,3-7H2,1-2H3,(H,14,15)/t8-,9?,10?,11+/m1/s1. The van der Waals surface area contributed by atoms with Gasteiger partial charge in [0.2, 0.25) is 5.91 Å². The maximum Gasteiger partial charge on any atom is 0.240 e. The molecule has 16 heavy (non-hydrogen) atoms. The summed E-state index contributed by atoms with van der Waals surface area (Å²) in [6.07, 6.45) is 3.58. The van der Waals surface area contributed by atoms with E-state index in [1.807, 2.05) is 6.92 Å². The fraction of sp³-hybridized carbons (Fsp3) is 0.917. The molecule has 2 aliphatic rings. The molecule has 1 aliphatic carbocycles. The number of morpholine rings is 1. The average molecular weight is 226 g/mol. The highest BCUT2D eigenvalue weighted by Gasteiger charge is 2.39. The molecule has 2 unspecified atom stereocenters. The lowest BCUT2D eigenvalue weighted by Crippen LogP contribution is -2.55. The van der Waals surface area contributed by atoms with Crippen LogP contribution in [0.3, 0.4) is 0 Å². The Morgan fingerprint density at radius 1 is 1.56 bits per heavy atom. The maximum atomic E-state index is 12.0. The van der Waals surface area contributed by atoms with E-state index in [-0.39, 0.29) is 18.1 Å². The van der Waals surface area contributed by atoms with E-state index in [0.29, 0.717) is 18.6 Å². The predicted octanol–water partition coefficient (Wildman–Crippen LogP) is 0.668. The first-order valence-electron chi connectivity index (χ1n) is 6.37. The molecule has 1 amide bonds. The second-order valence-corrected chi connectivity index (χ2v) is 4.91. The van der Waals surface area contributed by atoms with E-state index < -0.39 is 0 Å². The Morgan fingerprint density at radius 2 is 2.38 bits per heavy atom. The molecule has 4 heteroatoms. The smallest absolute Gasteiger partial charge is 0.240 e. The van der Waals surface area contributed by atoms with Crippen molar-refractivity contribution >= 4 is 5.91 Å². The lowest BCUT2D eigenvalue weighted by Gasteiger charge is -2.29. The Bertz CT molecular complexity index is 257. The van der Waals surface area contributed by atoms with Crippen molar-refractivity contribution in [2.45, 2.75) is 51.3 Å². The van der Waals surface area contributed by atoms with Gasteiger partial charge < -0.3 is 15.4 Å². The molecule has 0 bridgehead atoms. The van der Waals surface area contributed by atoms with Crippen molar-refractivity contribution in [3.8, 4) is 0 Å². The van der Waals surface area contributed by atoms with Crippen molar-refractivity contribution in [2.24, 2.45) is 5.92 Å². The van der Waals surface area contributed by atoms with Gasteiger partial charge in [-0.3, -0.25) is 4.79 Å². The minimum atomic E-state index is -0.170. The van der Waals surface area contributed by atoms with E-state index in [1.165, 1.54) is 12.8 Å². The van der Waals surface area contributed by atoms with Crippen LogP contribution in [0, 0.1) is 5.92 Å². The number of hydrogen-bond donors (Lipinski definition) is 2. The van der Waals surface area contributed by atoms with Gasteiger partial charge in [-0.1, -0.05) is 13.3 Å². The predicted molar refractivity (Wildman–Crippen MR) is 62.2 cm³/mol. The fourth-order valence-corrected chi connectivity index (χ4v) is 2.41. The molecule has 2 N–H and O–H groups in total. The Kier molecular flexibility index (Phi) is 3.82. The molecule has 0 aromatic carbocycles. The first-order chi connectivity index (χ1) is 7.72. The minimum absolute atomic E-state index is 0.0166. The normalized spacial score (nSPS) is 38.1. The Morgan fingerprint density at radius 3 is 3.06 bits per heavy atom. The van der Waals surface area contributed by atoms with E-state index >= 15 is 0 Å². The van der Waals surface area contributed by atoms with Gasteiger partial charge in [0.25, 0.3) is 0 Å². The monoisotopic (exact) mass is 226 g/mol. The highest BCUT2D eigenvalue weighted by Crippen LogP contribution is 2.34. The van der Waals surface area contributed by atoms with Crippen LogP contribution >= 0.6 is 0 Å². The summed E-state index contributed by atoms with van der Waals surface area (Å²) in [5, 5.41) is 6.32. The molecule has 0 spiro atoms. The molecular formula is C12H22N2O2. The van der Waals surface area contributed by atoms with E-state index in [9.17, 15) is 4.79 Å². The molecule has 1 saturated carbocycles. The summed E-state index contributed by atoms with van der Waals surface area (Å²) in [7, 11) is 0. The first kappa shape index (κ1) is 11.9. The summed E-state index contributed by atoms with van der Waals surface area (Å²) >= 11 is 0. The number of carbonyl (C=O) groups excluding carboxylic acids is 1. The van der Waals surface area contributed by atoms with Crippen LogP contribution < -0.4 is 10.6 Å². The summed E-state index contributed by atoms with van der Waals surface area (Å²) < 4.78 is 5.46. The molecular weight excluding hydrogens is 204 g/mol. The van der Waals surface area contributed by atoms with Gasteiger partial charge in [0.05, 0.1) is 12.7 Å².